The first-order valence-corrected chi connectivity index (χ1v) is 5.87. The first kappa shape index (κ1) is 12.7. The molecule has 0 radical (unpaired) electrons. The van der Waals surface area contributed by atoms with Crippen LogP contribution in [0.4, 0.5) is 10.1 Å². The molecule has 2 rings (SSSR count). The highest BCUT2D eigenvalue weighted by atomic mass is 35.5. The number of nitrogen functional groups attached to an aromatic ring is 1. The zero-order chi connectivity index (χ0) is 13.1. The molecule has 0 fully saturated rings. The summed E-state index contributed by atoms with van der Waals surface area (Å²) >= 11 is 6.07. The van der Waals surface area contributed by atoms with E-state index in [-0.39, 0.29) is 12.4 Å². The summed E-state index contributed by atoms with van der Waals surface area (Å²) in [5.41, 5.74) is 7.72. The average molecular weight is 266 g/mol. The molecular weight excluding hydrogens is 253 g/mol. The highest BCUT2D eigenvalue weighted by Gasteiger charge is 2.06. The molecule has 2 aromatic carbocycles. The average Bonchev–Trinajstić information content (AvgIpc) is 2.30. The van der Waals surface area contributed by atoms with Gasteiger partial charge in [0.2, 0.25) is 0 Å². The number of halogens is 2. The predicted octanol–water partition coefficient (Wildman–Crippen LogP) is 3.95. The number of rotatable bonds is 3. The van der Waals surface area contributed by atoms with E-state index in [2.05, 4.69) is 0 Å². The number of nitrogens with two attached hydrogens (primary N) is 1. The standard InChI is InChI=1S/C14H13ClFNO/c1-9-2-3-10(12(15)6-9)8-18-14-5-4-11(17)7-13(14)16/h2-7H,8,17H2,1H3. The number of ether oxygens (including phenoxy) is 1. The molecule has 0 aliphatic heterocycles. The molecule has 94 valence electrons. The van der Waals surface area contributed by atoms with Crippen LogP contribution in [0, 0.1) is 12.7 Å². The molecule has 4 heteroatoms. The second-order valence-corrected chi connectivity index (χ2v) is 4.48. The van der Waals surface area contributed by atoms with Crippen molar-refractivity contribution < 1.29 is 9.13 Å². The summed E-state index contributed by atoms with van der Waals surface area (Å²) in [6, 6.07) is 9.98. The van der Waals surface area contributed by atoms with Gasteiger partial charge in [0.05, 0.1) is 0 Å². The monoisotopic (exact) mass is 265 g/mol. The van der Waals surface area contributed by atoms with Crippen LogP contribution in [0.25, 0.3) is 0 Å². The van der Waals surface area contributed by atoms with Gasteiger partial charge in [0.15, 0.2) is 11.6 Å². The van der Waals surface area contributed by atoms with E-state index in [1.54, 1.807) is 6.07 Å². The van der Waals surface area contributed by atoms with E-state index in [0.717, 1.165) is 11.1 Å². The van der Waals surface area contributed by atoms with Gasteiger partial charge in [-0.3, -0.25) is 0 Å². The Labute approximate surface area is 110 Å². The van der Waals surface area contributed by atoms with Crippen molar-refractivity contribution in [1.29, 1.82) is 0 Å². The van der Waals surface area contributed by atoms with E-state index in [1.807, 2.05) is 25.1 Å². The molecule has 0 aromatic heterocycles. The summed E-state index contributed by atoms with van der Waals surface area (Å²) in [6.45, 7) is 2.18. The molecule has 2 aromatic rings. The molecule has 0 atom stereocenters. The number of hydrogen-bond donors (Lipinski definition) is 1. The van der Waals surface area contributed by atoms with E-state index in [4.69, 9.17) is 22.1 Å². The third kappa shape index (κ3) is 2.93. The second kappa shape index (κ2) is 5.27. The van der Waals surface area contributed by atoms with Crippen molar-refractivity contribution >= 4 is 17.3 Å². The highest BCUT2D eigenvalue weighted by molar-refractivity contribution is 6.31. The van der Waals surface area contributed by atoms with Crippen LogP contribution in [0.3, 0.4) is 0 Å². The van der Waals surface area contributed by atoms with E-state index < -0.39 is 5.82 Å². The fourth-order valence-electron chi connectivity index (χ4n) is 1.56. The van der Waals surface area contributed by atoms with Gasteiger partial charge in [0.1, 0.15) is 6.61 Å². The van der Waals surface area contributed by atoms with Gasteiger partial charge in [0.25, 0.3) is 0 Å². The largest absolute Gasteiger partial charge is 0.486 e. The van der Waals surface area contributed by atoms with Crippen LogP contribution in [0.15, 0.2) is 36.4 Å². The molecule has 0 spiro atoms. The van der Waals surface area contributed by atoms with E-state index in [0.29, 0.717) is 10.7 Å². The molecule has 0 unspecified atom stereocenters. The normalized spacial score (nSPS) is 10.4. The Kier molecular flexibility index (Phi) is 3.72. The van der Waals surface area contributed by atoms with Crippen LogP contribution in [0.5, 0.6) is 5.75 Å². The topological polar surface area (TPSA) is 35.2 Å². The van der Waals surface area contributed by atoms with Crippen molar-refractivity contribution in [3.05, 3.63) is 58.4 Å². The summed E-state index contributed by atoms with van der Waals surface area (Å²) in [6.07, 6.45) is 0. The number of aryl methyl sites for hydroxylation is 1. The summed E-state index contributed by atoms with van der Waals surface area (Å²) < 4.78 is 18.9. The number of hydrogen-bond acceptors (Lipinski definition) is 2. The minimum absolute atomic E-state index is 0.167. The van der Waals surface area contributed by atoms with Gasteiger partial charge in [0, 0.05) is 22.3 Å². The quantitative estimate of drug-likeness (QED) is 0.853. The zero-order valence-electron chi connectivity index (χ0n) is 9.91. The summed E-state index contributed by atoms with van der Waals surface area (Å²) in [5.74, 6) is -0.306. The van der Waals surface area contributed by atoms with Gasteiger partial charge >= 0.3 is 0 Å². The minimum atomic E-state index is -0.474. The maximum atomic E-state index is 13.5. The Hall–Kier alpha value is -1.74. The third-order valence-corrected chi connectivity index (χ3v) is 2.90. The number of anilines is 1. The molecule has 0 aliphatic carbocycles. The molecule has 0 saturated heterocycles. The van der Waals surface area contributed by atoms with E-state index >= 15 is 0 Å². The van der Waals surface area contributed by atoms with Gasteiger partial charge in [-0.1, -0.05) is 23.7 Å². The van der Waals surface area contributed by atoms with Crippen molar-refractivity contribution in [2.24, 2.45) is 0 Å². The van der Waals surface area contributed by atoms with Gasteiger partial charge in [-0.2, -0.15) is 0 Å². The fraction of sp³-hybridized carbons (Fsp3) is 0.143. The highest BCUT2D eigenvalue weighted by Crippen LogP contribution is 2.23. The van der Waals surface area contributed by atoms with Crippen LogP contribution >= 0.6 is 11.6 Å². The van der Waals surface area contributed by atoms with Crippen LogP contribution in [-0.2, 0) is 6.61 Å². The van der Waals surface area contributed by atoms with Crippen LogP contribution in [0.2, 0.25) is 5.02 Å². The maximum absolute atomic E-state index is 13.5. The first-order valence-electron chi connectivity index (χ1n) is 5.49. The predicted molar refractivity (Wildman–Crippen MR) is 71.3 cm³/mol. The van der Waals surface area contributed by atoms with Gasteiger partial charge in [-0.15, -0.1) is 0 Å². The second-order valence-electron chi connectivity index (χ2n) is 4.07. The molecule has 0 heterocycles. The lowest BCUT2D eigenvalue weighted by molar-refractivity contribution is 0.290. The van der Waals surface area contributed by atoms with Crippen LogP contribution in [0.1, 0.15) is 11.1 Å². The van der Waals surface area contributed by atoms with Crippen molar-refractivity contribution in [2.45, 2.75) is 13.5 Å². The third-order valence-electron chi connectivity index (χ3n) is 2.55. The van der Waals surface area contributed by atoms with Crippen LogP contribution in [-0.4, -0.2) is 0 Å². The molecule has 18 heavy (non-hydrogen) atoms. The summed E-state index contributed by atoms with van der Waals surface area (Å²) in [7, 11) is 0. The molecule has 0 bridgehead atoms. The Morgan fingerprint density at radius 3 is 2.67 bits per heavy atom. The summed E-state index contributed by atoms with van der Waals surface area (Å²) in [5, 5.41) is 0.617. The lowest BCUT2D eigenvalue weighted by Gasteiger charge is -2.09. The molecule has 0 saturated carbocycles. The van der Waals surface area contributed by atoms with E-state index in [9.17, 15) is 4.39 Å². The Balaban J connectivity index is 2.11. The van der Waals surface area contributed by atoms with Crippen molar-refractivity contribution in [3.8, 4) is 5.75 Å². The molecule has 0 aliphatic rings. The van der Waals surface area contributed by atoms with Gasteiger partial charge in [-0.05, 0) is 30.7 Å². The molecular formula is C14H13ClFNO. The Morgan fingerprint density at radius 2 is 2.00 bits per heavy atom. The molecule has 0 amide bonds. The number of benzene rings is 2. The minimum Gasteiger partial charge on any atom is -0.486 e. The zero-order valence-corrected chi connectivity index (χ0v) is 10.7. The van der Waals surface area contributed by atoms with Crippen molar-refractivity contribution in [2.75, 3.05) is 5.73 Å². The van der Waals surface area contributed by atoms with Gasteiger partial charge < -0.3 is 10.5 Å². The Morgan fingerprint density at radius 1 is 1.22 bits per heavy atom. The van der Waals surface area contributed by atoms with Crippen molar-refractivity contribution in [1.82, 2.24) is 0 Å². The lowest BCUT2D eigenvalue weighted by Crippen LogP contribution is -1.99. The van der Waals surface area contributed by atoms with Gasteiger partial charge in [-0.25, -0.2) is 4.39 Å². The fourth-order valence-corrected chi connectivity index (χ4v) is 1.85. The summed E-state index contributed by atoms with van der Waals surface area (Å²) in [4.78, 5) is 0. The lowest BCUT2D eigenvalue weighted by atomic mass is 10.1. The van der Waals surface area contributed by atoms with E-state index in [1.165, 1.54) is 12.1 Å². The SMILES string of the molecule is Cc1ccc(COc2ccc(N)cc2F)c(Cl)c1. The smallest absolute Gasteiger partial charge is 0.167 e. The maximum Gasteiger partial charge on any atom is 0.167 e. The first-order chi connectivity index (χ1) is 8.56. The van der Waals surface area contributed by atoms with Crippen LogP contribution < -0.4 is 10.5 Å². The Bertz CT molecular complexity index is 520. The molecule has 2 N–H and O–H groups in total. The molecule has 2 nitrogen and oxygen atoms in total. The van der Waals surface area contributed by atoms with Crippen molar-refractivity contribution in [3.63, 3.8) is 0 Å².